The molecule has 0 aliphatic rings. The number of aryl methyl sites for hydroxylation is 2. The molecule has 196 valence electrons. The molecule has 0 aliphatic heterocycles. The van der Waals surface area contributed by atoms with E-state index in [1.807, 2.05) is 7.11 Å². The number of para-hydroxylation sites is 1. The van der Waals surface area contributed by atoms with E-state index < -0.39 is 8.32 Å². The fraction of sp³-hybridized carbons (Fsp3) is 0.143. The Labute approximate surface area is 234 Å². The van der Waals surface area contributed by atoms with Gasteiger partial charge in [-0.3, -0.25) is 0 Å². The highest BCUT2D eigenvalue weighted by Crippen LogP contribution is 2.38. The van der Waals surface area contributed by atoms with Crippen molar-refractivity contribution in [2.75, 3.05) is 16.9 Å². The number of anilines is 6. The first-order valence-electron chi connectivity index (χ1n) is 13.4. The van der Waals surface area contributed by atoms with Crippen LogP contribution in [-0.4, -0.2) is 15.4 Å². The molecule has 0 heterocycles. The molecule has 0 atom stereocenters. The summed E-state index contributed by atoms with van der Waals surface area (Å²) in [4.78, 5) is 4.61. The summed E-state index contributed by atoms with van der Waals surface area (Å²) in [6.45, 7) is 8.70. The van der Waals surface area contributed by atoms with E-state index in [0.717, 1.165) is 34.1 Å². The molecule has 0 aliphatic carbocycles. The van der Waals surface area contributed by atoms with E-state index >= 15 is 0 Å². The van der Waals surface area contributed by atoms with E-state index in [9.17, 15) is 0 Å². The summed E-state index contributed by atoms with van der Waals surface area (Å²) in [5.74, 6) is 0. The SMILES string of the molecule is CO[Si](C)(C)c1ccc(N(c2ccccc2)c2ccc(N(c3ccc(C)cc3)c3ccc(C)cc3)cc2)cc1. The summed E-state index contributed by atoms with van der Waals surface area (Å²) in [5, 5.41) is 1.28. The summed E-state index contributed by atoms with van der Waals surface area (Å²) in [6.07, 6.45) is 0. The number of hydrogen-bond acceptors (Lipinski definition) is 3. The van der Waals surface area contributed by atoms with Crippen molar-refractivity contribution in [2.45, 2.75) is 26.9 Å². The minimum Gasteiger partial charge on any atom is -0.416 e. The summed E-state index contributed by atoms with van der Waals surface area (Å²) < 4.78 is 5.84. The minimum absolute atomic E-state index is 1.11. The topological polar surface area (TPSA) is 15.7 Å². The van der Waals surface area contributed by atoms with Crippen LogP contribution in [-0.2, 0) is 4.43 Å². The second-order valence-corrected chi connectivity index (χ2v) is 14.5. The minimum atomic E-state index is -1.89. The molecule has 0 bridgehead atoms. The van der Waals surface area contributed by atoms with Gasteiger partial charge in [0.2, 0.25) is 8.32 Å². The van der Waals surface area contributed by atoms with Crippen molar-refractivity contribution in [1.29, 1.82) is 0 Å². The molecule has 5 rings (SSSR count). The van der Waals surface area contributed by atoms with Crippen LogP contribution in [0.15, 0.2) is 127 Å². The van der Waals surface area contributed by atoms with Crippen molar-refractivity contribution in [3.05, 3.63) is 139 Å². The molecular formula is C35H36N2OSi. The number of nitrogens with zero attached hydrogens (tertiary/aromatic N) is 2. The molecule has 0 radical (unpaired) electrons. The first-order chi connectivity index (χ1) is 18.9. The highest BCUT2D eigenvalue weighted by atomic mass is 28.4. The monoisotopic (exact) mass is 528 g/mol. The lowest BCUT2D eigenvalue weighted by atomic mass is 10.1. The van der Waals surface area contributed by atoms with Crippen molar-refractivity contribution in [2.24, 2.45) is 0 Å². The van der Waals surface area contributed by atoms with Gasteiger partial charge in [0.1, 0.15) is 0 Å². The summed E-state index contributed by atoms with van der Waals surface area (Å²) in [5.41, 5.74) is 9.23. The van der Waals surface area contributed by atoms with E-state index in [2.05, 4.69) is 164 Å². The van der Waals surface area contributed by atoms with Gasteiger partial charge in [0.05, 0.1) is 0 Å². The van der Waals surface area contributed by atoms with Gasteiger partial charge in [0, 0.05) is 41.2 Å². The summed E-state index contributed by atoms with van der Waals surface area (Å²) in [7, 11) is -0.0716. The zero-order valence-electron chi connectivity index (χ0n) is 23.4. The van der Waals surface area contributed by atoms with Crippen molar-refractivity contribution in [1.82, 2.24) is 0 Å². The van der Waals surface area contributed by atoms with E-state index in [4.69, 9.17) is 4.43 Å². The molecular weight excluding hydrogens is 492 g/mol. The predicted molar refractivity (Wildman–Crippen MR) is 169 cm³/mol. The van der Waals surface area contributed by atoms with Crippen LogP contribution in [0.25, 0.3) is 0 Å². The average molecular weight is 529 g/mol. The molecule has 3 nitrogen and oxygen atoms in total. The van der Waals surface area contributed by atoms with Gasteiger partial charge in [-0.25, -0.2) is 0 Å². The third-order valence-corrected chi connectivity index (χ3v) is 10.0. The highest BCUT2D eigenvalue weighted by Gasteiger charge is 2.24. The van der Waals surface area contributed by atoms with Gasteiger partial charge < -0.3 is 14.2 Å². The van der Waals surface area contributed by atoms with Crippen LogP contribution in [0.1, 0.15) is 11.1 Å². The molecule has 0 amide bonds. The van der Waals surface area contributed by atoms with Gasteiger partial charge in [-0.1, -0.05) is 65.7 Å². The van der Waals surface area contributed by atoms with Crippen molar-refractivity contribution < 1.29 is 4.43 Å². The smallest absolute Gasteiger partial charge is 0.217 e. The maximum atomic E-state index is 5.84. The Balaban J connectivity index is 1.55. The van der Waals surface area contributed by atoms with Crippen LogP contribution in [0, 0.1) is 13.8 Å². The molecule has 4 heteroatoms. The Hall–Kier alpha value is -4.12. The molecule has 0 N–H and O–H groups in total. The van der Waals surface area contributed by atoms with Crippen LogP contribution < -0.4 is 15.0 Å². The molecule has 0 saturated heterocycles. The fourth-order valence-corrected chi connectivity index (χ4v) is 5.94. The van der Waals surface area contributed by atoms with Crippen molar-refractivity contribution in [3.8, 4) is 0 Å². The Morgan fingerprint density at radius 3 is 1.10 bits per heavy atom. The van der Waals surface area contributed by atoms with Gasteiger partial charge in [-0.15, -0.1) is 0 Å². The third-order valence-electron chi connectivity index (χ3n) is 7.30. The van der Waals surface area contributed by atoms with Crippen LogP contribution in [0.4, 0.5) is 34.1 Å². The molecule has 0 aromatic heterocycles. The molecule has 0 spiro atoms. The van der Waals surface area contributed by atoms with Gasteiger partial charge in [0.25, 0.3) is 0 Å². The zero-order chi connectivity index (χ0) is 27.4. The molecule has 0 saturated carbocycles. The number of rotatable bonds is 8. The normalized spacial score (nSPS) is 11.3. The Morgan fingerprint density at radius 1 is 0.436 bits per heavy atom. The molecule has 5 aromatic carbocycles. The van der Waals surface area contributed by atoms with Gasteiger partial charge >= 0.3 is 0 Å². The highest BCUT2D eigenvalue weighted by molar-refractivity contribution is 6.84. The fourth-order valence-electron chi connectivity index (χ4n) is 4.74. The van der Waals surface area contributed by atoms with E-state index in [1.54, 1.807) is 0 Å². The van der Waals surface area contributed by atoms with Crippen LogP contribution in [0.3, 0.4) is 0 Å². The van der Waals surface area contributed by atoms with E-state index in [-0.39, 0.29) is 0 Å². The average Bonchev–Trinajstić information content (AvgIpc) is 2.97. The number of hydrogen-bond donors (Lipinski definition) is 0. The van der Waals surface area contributed by atoms with E-state index in [1.165, 1.54) is 16.3 Å². The van der Waals surface area contributed by atoms with Crippen molar-refractivity contribution in [3.63, 3.8) is 0 Å². The van der Waals surface area contributed by atoms with Gasteiger partial charge in [-0.2, -0.15) is 0 Å². The standard InChI is InChI=1S/C35H36N2OSi/c1-27-11-15-30(16-12-27)37(31-17-13-28(2)14-18-31)33-21-19-32(20-22-33)36(29-9-7-6-8-10-29)34-23-25-35(26-24-34)39(4,5)38-3/h6-26H,1-5H3. The zero-order valence-corrected chi connectivity index (χ0v) is 24.4. The Bertz CT molecular complexity index is 1450. The molecule has 0 fully saturated rings. The summed E-state index contributed by atoms with van der Waals surface area (Å²) in [6, 6.07) is 45.6. The number of benzene rings is 5. The Kier molecular flexibility index (Phi) is 7.69. The largest absolute Gasteiger partial charge is 0.416 e. The Morgan fingerprint density at radius 2 is 0.744 bits per heavy atom. The third kappa shape index (κ3) is 5.82. The summed E-state index contributed by atoms with van der Waals surface area (Å²) >= 11 is 0. The van der Waals surface area contributed by atoms with Crippen LogP contribution >= 0.6 is 0 Å². The van der Waals surface area contributed by atoms with Gasteiger partial charge in [0.15, 0.2) is 0 Å². The first kappa shape index (κ1) is 26.5. The lowest BCUT2D eigenvalue weighted by Crippen LogP contribution is -2.43. The second kappa shape index (κ2) is 11.3. The maximum absolute atomic E-state index is 5.84. The van der Waals surface area contributed by atoms with Crippen LogP contribution in [0.5, 0.6) is 0 Å². The molecule has 39 heavy (non-hydrogen) atoms. The lowest BCUT2D eigenvalue weighted by molar-refractivity contribution is 0.416. The predicted octanol–water partition coefficient (Wildman–Crippen LogP) is 9.30. The van der Waals surface area contributed by atoms with E-state index in [0.29, 0.717) is 0 Å². The lowest BCUT2D eigenvalue weighted by Gasteiger charge is -2.29. The molecule has 5 aromatic rings. The molecule has 0 unspecified atom stereocenters. The maximum Gasteiger partial charge on any atom is 0.217 e. The van der Waals surface area contributed by atoms with Crippen LogP contribution in [0.2, 0.25) is 13.1 Å². The van der Waals surface area contributed by atoms with Crippen molar-refractivity contribution >= 4 is 47.6 Å². The first-order valence-corrected chi connectivity index (χ1v) is 16.3. The van der Waals surface area contributed by atoms with Gasteiger partial charge in [-0.05, 0) is 105 Å². The second-order valence-electron chi connectivity index (χ2n) is 10.5. The quantitative estimate of drug-likeness (QED) is 0.187.